The summed E-state index contributed by atoms with van der Waals surface area (Å²) in [5.74, 6) is -1.01. The fraction of sp³-hybridized carbons (Fsp3) is 0.375. The molecule has 0 atom stereocenters. The first kappa shape index (κ1) is 27.0. The van der Waals surface area contributed by atoms with E-state index in [4.69, 9.17) is 4.74 Å². The molecule has 6 nitrogen and oxygen atoms in total. The van der Waals surface area contributed by atoms with E-state index < -0.39 is 34.4 Å². The third kappa shape index (κ3) is 6.84. The Bertz CT molecular complexity index is 1240. The summed E-state index contributed by atoms with van der Waals surface area (Å²) < 4.78 is 85.3. The van der Waals surface area contributed by atoms with Crippen LogP contribution in [0.5, 0.6) is 0 Å². The molecule has 0 radical (unpaired) electrons. The van der Waals surface area contributed by atoms with Crippen molar-refractivity contribution in [3.8, 4) is 10.7 Å². The van der Waals surface area contributed by atoms with Crippen LogP contribution in [0.1, 0.15) is 32.1 Å². The third-order valence-corrected chi connectivity index (χ3v) is 6.71. The first-order valence-electron chi connectivity index (χ1n) is 11.3. The van der Waals surface area contributed by atoms with Gasteiger partial charge in [-0.15, -0.1) is 11.3 Å². The summed E-state index contributed by atoms with van der Waals surface area (Å²) >= 11 is 0.578. The van der Waals surface area contributed by atoms with Crippen LogP contribution in [-0.2, 0) is 30.1 Å². The van der Waals surface area contributed by atoms with E-state index in [2.05, 4.69) is 20.2 Å². The summed E-state index contributed by atoms with van der Waals surface area (Å²) in [6.45, 7) is 2.72. The molecule has 1 amide bonds. The highest BCUT2D eigenvalue weighted by molar-refractivity contribution is 7.17. The molecule has 37 heavy (non-hydrogen) atoms. The molecule has 198 valence electrons. The number of rotatable bonds is 7. The molecular weight excluding hydrogens is 522 g/mol. The average Bonchev–Trinajstić information content (AvgIpc) is 3.31. The number of aromatic nitrogens is 2. The second-order valence-corrected chi connectivity index (χ2v) is 9.30. The number of morpholine rings is 1. The van der Waals surface area contributed by atoms with Crippen LogP contribution in [0, 0.1) is 0 Å². The van der Waals surface area contributed by atoms with Gasteiger partial charge >= 0.3 is 12.4 Å². The van der Waals surface area contributed by atoms with Gasteiger partial charge in [0.05, 0.1) is 18.8 Å². The molecule has 13 heteroatoms. The zero-order valence-electron chi connectivity index (χ0n) is 19.3. The summed E-state index contributed by atoms with van der Waals surface area (Å²) in [6.07, 6.45) is -7.96. The highest BCUT2D eigenvalue weighted by Crippen LogP contribution is 2.38. The van der Waals surface area contributed by atoms with E-state index in [9.17, 15) is 31.1 Å². The molecule has 1 aromatic carbocycles. The molecule has 1 N–H and O–H groups in total. The number of amides is 1. The molecule has 3 heterocycles. The zero-order valence-corrected chi connectivity index (χ0v) is 20.1. The average molecular weight is 545 g/mol. The SMILES string of the molecule is O=C(NCCc1cccc(C(F)(F)F)c1)c1sc(-c2ncccc2CN2CCOCC2)nc1C(F)(F)F. The normalized spacial score (nSPS) is 15.1. The summed E-state index contributed by atoms with van der Waals surface area (Å²) in [4.78, 5) is 22.1. The van der Waals surface area contributed by atoms with Crippen LogP contribution in [0.3, 0.4) is 0 Å². The number of ether oxygens (including phenoxy) is 1. The van der Waals surface area contributed by atoms with Crippen molar-refractivity contribution >= 4 is 17.2 Å². The van der Waals surface area contributed by atoms with Gasteiger partial charge < -0.3 is 10.1 Å². The number of benzene rings is 1. The van der Waals surface area contributed by atoms with Gasteiger partial charge in [-0.1, -0.05) is 24.3 Å². The number of halogens is 6. The maximum absolute atomic E-state index is 13.8. The van der Waals surface area contributed by atoms with Crippen molar-refractivity contribution in [1.82, 2.24) is 20.2 Å². The fourth-order valence-corrected chi connectivity index (χ4v) is 4.86. The lowest BCUT2D eigenvalue weighted by Gasteiger charge is -2.26. The maximum atomic E-state index is 13.8. The Kier molecular flexibility index (Phi) is 8.14. The predicted octanol–water partition coefficient (Wildman–Crippen LogP) is 5.05. The van der Waals surface area contributed by atoms with E-state index in [0.717, 1.165) is 12.1 Å². The fourth-order valence-electron chi connectivity index (χ4n) is 3.83. The number of carbonyl (C=O) groups is 1. The van der Waals surface area contributed by atoms with Crippen molar-refractivity contribution in [1.29, 1.82) is 0 Å². The molecule has 1 fully saturated rings. The van der Waals surface area contributed by atoms with E-state index in [1.165, 1.54) is 18.3 Å². The smallest absolute Gasteiger partial charge is 0.379 e. The van der Waals surface area contributed by atoms with Crippen molar-refractivity contribution in [2.45, 2.75) is 25.3 Å². The van der Waals surface area contributed by atoms with Crippen LogP contribution in [0.15, 0.2) is 42.6 Å². The van der Waals surface area contributed by atoms with Crippen LogP contribution >= 0.6 is 11.3 Å². The summed E-state index contributed by atoms with van der Waals surface area (Å²) in [6, 6.07) is 7.97. The Labute approximate surface area is 212 Å². The Morgan fingerprint density at radius 2 is 1.81 bits per heavy atom. The minimum absolute atomic E-state index is 0.00656. The monoisotopic (exact) mass is 544 g/mol. The van der Waals surface area contributed by atoms with Gasteiger partial charge in [-0.3, -0.25) is 14.7 Å². The lowest BCUT2D eigenvalue weighted by Crippen LogP contribution is -2.35. The number of pyridine rings is 1. The molecule has 1 saturated heterocycles. The highest BCUT2D eigenvalue weighted by Gasteiger charge is 2.40. The molecule has 0 unspecified atom stereocenters. The van der Waals surface area contributed by atoms with Gasteiger partial charge in [-0.25, -0.2) is 4.98 Å². The minimum Gasteiger partial charge on any atom is -0.379 e. The lowest BCUT2D eigenvalue weighted by atomic mass is 10.1. The quantitative estimate of drug-likeness (QED) is 0.422. The zero-order chi connectivity index (χ0) is 26.6. The Morgan fingerprint density at radius 3 is 2.51 bits per heavy atom. The molecular formula is C24H22F6N4O2S. The van der Waals surface area contributed by atoms with Crippen molar-refractivity contribution in [2.24, 2.45) is 0 Å². The molecule has 1 aliphatic heterocycles. The van der Waals surface area contributed by atoms with Crippen LogP contribution < -0.4 is 5.32 Å². The molecule has 3 aromatic rings. The molecule has 4 rings (SSSR count). The topological polar surface area (TPSA) is 67.4 Å². The Balaban J connectivity index is 1.52. The summed E-state index contributed by atoms with van der Waals surface area (Å²) in [5.41, 5.74) is -0.952. The van der Waals surface area contributed by atoms with Crippen LogP contribution in [0.25, 0.3) is 10.7 Å². The molecule has 0 saturated carbocycles. The number of nitrogens with zero attached hydrogens (tertiary/aromatic N) is 3. The van der Waals surface area contributed by atoms with E-state index >= 15 is 0 Å². The van der Waals surface area contributed by atoms with E-state index in [1.807, 2.05) is 0 Å². The van der Waals surface area contributed by atoms with Gasteiger partial charge in [0.15, 0.2) is 5.69 Å². The largest absolute Gasteiger partial charge is 0.435 e. The van der Waals surface area contributed by atoms with Crippen molar-refractivity contribution in [3.05, 3.63) is 69.9 Å². The highest BCUT2D eigenvalue weighted by atomic mass is 32.1. The summed E-state index contributed by atoms with van der Waals surface area (Å²) in [5, 5.41) is 2.33. The first-order chi connectivity index (χ1) is 17.5. The molecule has 0 aliphatic carbocycles. The van der Waals surface area contributed by atoms with E-state index in [-0.39, 0.29) is 29.2 Å². The number of hydrogen-bond acceptors (Lipinski definition) is 6. The van der Waals surface area contributed by atoms with Crippen molar-refractivity contribution in [2.75, 3.05) is 32.8 Å². The van der Waals surface area contributed by atoms with Crippen LogP contribution in [-0.4, -0.2) is 53.6 Å². The Hall–Kier alpha value is -3.03. The first-order valence-corrected chi connectivity index (χ1v) is 12.1. The van der Waals surface area contributed by atoms with Gasteiger partial charge in [0.2, 0.25) is 0 Å². The lowest BCUT2D eigenvalue weighted by molar-refractivity contribution is -0.141. The molecule has 0 spiro atoms. The molecule has 1 aliphatic rings. The van der Waals surface area contributed by atoms with Crippen molar-refractivity contribution in [3.63, 3.8) is 0 Å². The van der Waals surface area contributed by atoms with Gasteiger partial charge in [-0.2, -0.15) is 26.3 Å². The molecule has 0 bridgehead atoms. The second kappa shape index (κ2) is 11.2. The minimum atomic E-state index is -4.89. The third-order valence-electron chi connectivity index (χ3n) is 5.65. The van der Waals surface area contributed by atoms with Gasteiger partial charge in [0, 0.05) is 32.4 Å². The van der Waals surface area contributed by atoms with Gasteiger partial charge in [0.1, 0.15) is 15.6 Å². The second-order valence-electron chi connectivity index (χ2n) is 8.30. The number of hydrogen-bond donors (Lipinski definition) is 1. The molecule has 2 aromatic heterocycles. The standard InChI is InChI=1S/C24H22F6N4O2S/c25-23(26,27)17-5-1-3-15(13-17)6-8-32-21(35)19-20(24(28,29)30)33-22(37-19)18-16(4-2-7-31-18)14-34-9-11-36-12-10-34/h1-5,7,13H,6,8-12,14H2,(H,32,35). The number of alkyl halides is 6. The van der Waals surface area contributed by atoms with Crippen molar-refractivity contribution < 1.29 is 35.9 Å². The maximum Gasteiger partial charge on any atom is 0.435 e. The van der Waals surface area contributed by atoms with E-state index in [1.54, 1.807) is 12.1 Å². The number of nitrogens with one attached hydrogen (secondary N) is 1. The van der Waals surface area contributed by atoms with Crippen LogP contribution in [0.4, 0.5) is 26.3 Å². The van der Waals surface area contributed by atoms with E-state index in [0.29, 0.717) is 49.7 Å². The van der Waals surface area contributed by atoms with Crippen LogP contribution in [0.2, 0.25) is 0 Å². The number of carbonyl (C=O) groups excluding carboxylic acids is 1. The Morgan fingerprint density at radius 1 is 1.05 bits per heavy atom. The summed E-state index contributed by atoms with van der Waals surface area (Å²) in [7, 11) is 0. The van der Waals surface area contributed by atoms with Gasteiger partial charge in [0.25, 0.3) is 5.91 Å². The van der Waals surface area contributed by atoms with Gasteiger partial charge in [-0.05, 0) is 29.7 Å². The predicted molar refractivity (Wildman–Crippen MR) is 124 cm³/mol. The number of thiazole rings is 1.